The van der Waals surface area contributed by atoms with Crippen molar-refractivity contribution in [1.29, 1.82) is 0 Å². The summed E-state index contributed by atoms with van der Waals surface area (Å²) >= 11 is 6.86. The first-order valence-corrected chi connectivity index (χ1v) is 14.5. The van der Waals surface area contributed by atoms with E-state index in [1.807, 2.05) is 61.9 Å². The number of aromatic nitrogens is 2. The second-order valence-corrected chi connectivity index (χ2v) is 11.9. The van der Waals surface area contributed by atoms with Gasteiger partial charge in [-0.2, -0.15) is 5.10 Å². The van der Waals surface area contributed by atoms with Gasteiger partial charge in [0, 0.05) is 29.5 Å². The van der Waals surface area contributed by atoms with Gasteiger partial charge in [-0.3, -0.25) is 4.79 Å². The van der Waals surface area contributed by atoms with Crippen LogP contribution in [-0.2, 0) is 25.4 Å². The average molecular weight is 591 g/mol. The summed E-state index contributed by atoms with van der Waals surface area (Å²) in [5.41, 5.74) is 4.45. The Balaban J connectivity index is 1.48. The van der Waals surface area contributed by atoms with E-state index in [2.05, 4.69) is 0 Å². The normalized spacial score (nSPS) is 15.5. The molecule has 4 aromatic rings. The zero-order chi connectivity index (χ0) is 30.0. The molecule has 1 saturated heterocycles. The summed E-state index contributed by atoms with van der Waals surface area (Å²) in [7, 11) is 1.30. The van der Waals surface area contributed by atoms with Gasteiger partial charge in [-0.05, 0) is 81.5 Å². The molecule has 0 amide bonds. The van der Waals surface area contributed by atoms with Crippen LogP contribution in [0.1, 0.15) is 68.7 Å². The van der Waals surface area contributed by atoms with E-state index in [0.717, 1.165) is 52.5 Å². The maximum absolute atomic E-state index is 12.5. The summed E-state index contributed by atoms with van der Waals surface area (Å²) in [5, 5.41) is 16.9. The number of phenols is 1. The van der Waals surface area contributed by atoms with Crippen LogP contribution in [0.25, 0.3) is 33.2 Å². The second-order valence-electron chi connectivity index (χ2n) is 11.4. The van der Waals surface area contributed by atoms with Crippen LogP contribution in [0, 0.1) is 0 Å². The monoisotopic (exact) mass is 590 g/mol. The number of rotatable bonds is 7. The molecule has 0 bridgehead atoms. The van der Waals surface area contributed by atoms with Crippen LogP contribution in [0.3, 0.4) is 0 Å². The van der Waals surface area contributed by atoms with Crippen molar-refractivity contribution in [3.05, 3.63) is 70.9 Å². The van der Waals surface area contributed by atoms with E-state index in [9.17, 15) is 14.7 Å². The lowest BCUT2D eigenvalue weighted by atomic mass is 9.97. The summed E-state index contributed by atoms with van der Waals surface area (Å²) in [4.78, 5) is 24.3. The number of hydrogen-bond acceptors (Lipinski definition) is 7. The van der Waals surface area contributed by atoms with E-state index in [1.54, 1.807) is 12.1 Å². The van der Waals surface area contributed by atoms with Crippen molar-refractivity contribution >= 4 is 34.4 Å². The van der Waals surface area contributed by atoms with E-state index in [1.165, 1.54) is 13.2 Å². The number of benzene rings is 3. The van der Waals surface area contributed by atoms with Crippen LogP contribution in [0.15, 0.2) is 54.6 Å². The predicted molar refractivity (Wildman–Crippen MR) is 162 cm³/mol. The van der Waals surface area contributed by atoms with Crippen molar-refractivity contribution in [2.24, 2.45) is 0 Å². The Kier molecular flexibility index (Phi) is 8.57. The molecule has 9 heteroatoms. The Morgan fingerprint density at radius 1 is 1.05 bits per heavy atom. The molecule has 1 unspecified atom stereocenters. The van der Waals surface area contributed by atoms with Crippen molar-refractivity contribution in [1.82, 2.24) is 9.78 Å². The maximum Gasteiger partial charge on any atom is 0.337 e. The van der Waals surface area contributed by atoms with E-state index >= 15 is 0 Å². The van der Waals surface area contributed by atoms with Gasteiger partial charge in [0.1, 0.15) is 11.4 Å². The molecule has 8 nitrogen and oxygen atoms in total. The molecule has 0 saturated carbocycles. The van der Waals surface area contributed by atoms with E-state index in [0.29, 0.717) is 23.6 Å². The molecule has 1 aliphatic heterocycles. The average Bonchev–Trinajstić information content (AvgIpc) is 3.32. The van der Waals surface area contributed by atoms with Gasteiger partial charge in [-0.25, -0.2) is 9.48 Å². The number of esters is 2. The first-order chi connectivity index (χ1) is 20.0. The largest absolute Gasteiger partial charge is 0.507 e. The minimum Gasteiger partial charge on any atom is -0.507 e. The van der Waals surface area contributed by atoms with Crippen LogP contribution in [-0.4, -0.2) is 46.1 Å². The van der Waals surface area contributed by atoms with Crippen LogP contribution in [0.2, 0.25) is 5.02 Å². The SMILES string of the molecule is COC(=O)c1ccc(-c2ccc(-c3cc4c(CCC(=O)OC(C)(C)C)nn(C5CCCCO5)c4cc3Cl)cc2)c(O)c1. The number of halogens is 1. The molecular weight excluding hydrogens is 556 g/mol. The fourth-order valence-corrected chi connectivity index (χ4v) is 5.49. The van der Waals surface area contributed by atoms with Gasteiger partial charge in [-0.1, -0.05) is 35.9 Å². The summed E-state index contributed by atoms with van der Waals surface area (Å²) in [6, 6.07) is 16.3. The lowest BCUT2D eigenvalue weighted by Gasteiger charge is -2.23. The van der Waals surface area contributed by atoms with Crippen molar-refractivity contribution in [3.63, 3.8) is 0 Å². The highest BCUT2D eigenvalue weighted by Gasteiger charge is 2.24. The third-order valence-corrected chi connectivity index (χ3v) is 7.52. The number of hydrogen-bond donors (Lipinski definition) is 1. The molecule has 1 aromatic heterocycles. The smallest absolute Gasteiger partial charge is 0.337 e. The fraction of sp³-hybridized carbons (Fsp3) is 0.364. The molecule has 1 N–H and O–H groups in total. The second kappa shape index (κ2) is 12.2. The van der Waals surface area contributed by atoms with Crippen LogP contribution < -0.4 is 0 Å². The highest BCUT2D eigenvalue weighted by molar-refractivity contribution is 6.34. The van der Waals surface area contributed by atoms with E-state index in [-0.39, 0.29) is 29.9 Å². The molecule has 2 heterocycles. The van der Waals surface area contributed by atoms with Crippen LogP contribution in [0.5, 0.6) is 5.75 Å². The number of aryl methyl sites for hydroxylation is 1. The topological polar surface area (TPSA) is 99.9 Å². The Hall–Kier alpha value is -3.88. The number of nitrogens with zero attached hydrogens (tertiary/aromatic N) is 2. The number of carbonyl (C=O) groups excluding carboxylic acids is 2. The minimum absolute atomic E-state index is 0.0166. The van der Waals surface area contributed by atoms with Gasteiger partial charge >= 0.3 is 11.9 Å². The number of ether oxygens (including phenoxy) is 3. The standard InChI is InChI=1S/C33H35ClN2O6/c1-33(2,3)42-31(38)15-14-27-25-18-24(26(34)19-28(25)36(35-27)30-7-5-6-16-41-30)21-10-8-20(9-11-21)23-13-12-22(17-29(23)37)32(39)40-4/h8-13,17-19,30,37H,5-7,14-16H2,1-4H3. The molecule has 1 aliphatic rings. The molecule has 3 aromatic carbocycles. The van der Waals surface area contributed by atoms with Gasteiger partial charge in [0.2, 0.25) is 0 Å². The van der Waals surface area contributed by atoms with Crippen molar-refractivity contribution in [3.8, 4) is 28.0 Å². The number of aromatic hydroxyl groups is 1. The van der Waals surface area contributed by atoms with E-state index in [4.69, 9.17) is 30.9 Å². The van der Waals surface area contributed by atoms with E-state index < -0.39 is 11.6 Å². The summed E-state index contributed by atoms with van der Waals surface area (Å²) in [5.74, 6) is -0.801. The number of methoxy groups -OCH3 is 1. The first kappa shape index (κ1) is 29.6. The third kappa shape index (κ3) is 6.45. The summed E-state index contributed by atoms with van der Waals surface area (Å²) < 4.78 is 18.2. The minimum atomic E-state index is -0.554. The van der Waals surface area contributed by atoms with Crippen LogP contribution >= 0.6 is 11.6 Å². The van der Waals surface area contributed by atoms with Crippen molar-refractivity contribution in [2.75, 3.05) is 13.7 Å². The van der Waals surface area contributed by atoms with Gasteiger partial charge in [-0.15, -0.1) is 0 Å². The zero-order valence-corrected chi connectivity index (χ0v) is 25.0. The Bertz CT molecular complexity index is 1610. The Labute approximate surface area is 250 Å². The fourth-order valence-electron chi connectivity index (χ4n) is 5.23. The van der Waals surface area contributed by atoms with Gasteiger partial charge in [0.25, 0.3) is 0 Å². The lowest BCUT2D eigenvalue weighted by Crippen LogP contribution is -2.24. The molecular formula is C33H35ClN2O6. The van der Waals surface area contributed by atoms with Gasteiger partial charge < -0.3 is 19.3 Å². The van der Waals surface area contributed by atoms with Crippen LogP contribution in [0.4, 0.5) is 0 Å². The van der Waals surface area contributed by atoms with Crippen molar-refractivity contribution < 1.29 is 28.9 Å². The molecule has 0 radical (unpaired) electrons. The predicted octanol–water partition coefficient (Wildman–Crippen LogP) is 7.49. The summed E-state index contributed by atoms with van der Waals surface area (Å²) in [6.45, 7) is 6.24. The Morgan fingerprint density at radius 2 is 1.76 bits per heavy atom. The molecule has 42 heavy (non-hydrogen) atoms. The first-order valence-electron chi connectivity index (χ1n) is 14.1. The number of carbonyl (C=O) groups is 2. The zero-order valence-electron chi connectivity index (χ0n) is 24.3. The molecule has 0 spiro atoms. The Morgan fingerprint density at radius 3 is 2.38 bits per heavy atom. The van der Waals surface area contributed by atoms with Crippen molar-refractivity contribution in [2.45, 2.75) is 64.7 Å². The molecule has 0 aliphatic carbocycles. The van der Waals surface area contributed by atoms with Gasteiger partial charge in [0.05, 0.1) is 35.3 Å². The highest BCUT2D eigenvalue weighted by atomic mass is 35.5. The molecule has 220 valence electrons. The molecule has 1 fully saturated rings. The molecule has 5 rings (SSSR count). The quantitative estimate of drug-likeness (QED) is 0.223. The maximum atomic E-state index is 12.5. The summed E-state index contributed by atoms with van der Waals surface area (Å²) in [6.07, 6.45) is 3.38. The third-order valence-electron chi connectivity index (χ3n) is 7.21. The highest BCUT2D eigenvalue weighted by Crippen LogP contribution is 2.38. The van der Waals surface area contributed by atoms with Gasteiger partial charge in [0.15, 0.2) is 6.23 Å². The molecule has 1 atom stereocenters. The number of phenolic OH excluding ortho intramolecular Hbond substituents is 1. The number of fused-ring (bicyclic) bond motifs is 1. The lowest BCUT2D eigenvalue weighted by molar-refractivity contribution is -0.154.